The molecule has 1 saturated heterocycles. The Labute approximate surface area is 145 Å². The van der Waals surface area contributed by atoms with Crippen molar-refractivity contribution in [2.75, 3.05) is 33.5 Å². The number of methoxy groups -OCH3 is 1. The molecule has 6 heteroatoms. The van der Waals surface area contributed by atoms with E-state index in [0.717, 1.165) is 5.56 Å². The minimum Gasteiger partial charge on any atom is -0.493 e. The molecule has 1 aliphatic heterocycles. The minimum absolute atomic E-state index is 0.0991. The highest BCUT2D eigenvalue weighted by Crippen LogP contribution is 2.27. The first-order valence-electron chi connectivity index (χ1n) is 8.07. The van der Waals surface area contributed by atoms with Crippen molar-refractivity contribution in [3.63, 3.8) is 0 Å². The second kappa shape index (κ2) is 7.98. The van der Waals surface area contributed by atoms with Crippen LogP contribution < -0.4 is 9.47 Å². The Kier molecular flexibility index (Phi) is 5.50. The van der Waals surface area contributed by atoms with Gasteiger partial charge in [0.2, 0.25) is 0 Å². The molecule has 1 unspecified atom stereocenters. The van der Waals surface area contributed by atoms with Crippen LogP contribution in [-0.2, 0) is 9.53 Å². The normalized spacial score (nSPS) is 17.2. The highest BCUT2D eigenvalue weighted by Gasteiger charge is 2.29. The molecule has 0 radical (unpaired) electrons. The van der Waals surface area contributed by atoms with Gasteiger partial charge in [-0.25, -0.2) is 4.39 Å². The zero-order chi connectivity index (χ0) is 17.6. The van der Waals surface area contributed by atoms with E-state index in [0.29, 0.717) is 31.3 Å². The van der Waals surface area contributed by atoms with Crippen LogP contribution in [0.1, 0.15) is 11.6 Å². The molecule has 1 atom stereocenters. The van der Waals surface area contributed by atoms with Crippen LogP contribution >= 0.6 is 0 Å². The van der Waals surface area contributed by atoms with Crippen LogP contribution in [0.2, 0.25) is 0 Å². The van der Waals surface area contributed by atoms with Crippen molar-refractivity contribution in [3.8, 4) is 11.5 Å². The second-order valence-electron chi connectivity index (χ2n) is 5.67. The van der Waals surface area contributed by atoms with E-state index in [-0.39, 0.29) is 24.4 Å². The van der Waals surface area contributed by atoms with Crippen molar-refractivity contribution in [3.05, 3.63) is 59.9 Å². The Morgan fingerprint density at radius 1 is 1.20 bits per heavy atom. The number of ether oxygens (including phenoxy) is 3. The maximum Gasteiger partial charge on any atom is 0.261 e. The van der Waals surface area contributed by atoms with E-state index in [2.05, 4.69) is 0 Å². The van der Waals surface area contributed by atoms with E-state index in [1.165, 1.54) is 12.1 Å². The fourth-order valence-electron chi connectivity index (χ4n) is 2.82. The van der Waals surface area contributed by atoms with Crippen molar-refractivity contribution in [2.45, 2.75) is 6.04 Å². The number of carbonyl (C=O) groups excluding carboxylic acids is 1. The van der Waals surface area contributed by atoms with Crippen LogP contribution in [0, 0.1) is 5.82 Å². The van der Waals surface area contributed by atoms with Gasteiger partial charge in [0.1, 0.15) is 5.82 Å². The lowest BCUT2D eigenvalue weighted by molar-refractivity contribution is -0.142. The Hall–Kier alpha value is -2.60. The number of rotatable bonds is 5. The summed E-state index contributed by atoms with van der Waals surface area (Å²) in [7, 11) is 1.55. The second-order valence-corrected chi connectivity index (χ2v) is 5.67. The van der Waals surface area contributed by atoms with Gasteiger partial charge in [-0.1, -0.05) is 24.3 Å². The number of hydrogen-bond donors (Lipinski definition) is 0. The van der Waals surface area contributed by atoms with E-state index in [9.17, 15) is 9.18 Å². The third-order valence-electron chi connectivity index (χ3n) is 4.12. The summed E-state index contributed by atoms with van der Waals surface area (Å²) in [5.41, 5.74) is 0.840. The summed E-state index contributed by atoms with van der Waals surface area (Å²) in [6.07, 6.45) is 0. The maximum atomic E-state index is 13.1. The van der Waals surface area contributed by atoms with Crippen LogP contribution in [0.4, 0.5) is 4.39 Å². The van der Waals surface area contributed by atoms with Crippen molar-refractivity contribution in [1.29, 1.82) is 0 Å². The molecule has 3 rings (SSSR count). The fraction of sp³-hybridized carbons (Fsp3) is 0.316. The first-order valence-corrected chi connectivity index (χ1v) is 8.07. The third kappa shape index (κ3) is 4.09. The number of amides is 1. The van der Waals surface area contributed by atoms with Gasteiger partial charge in [-0.05, 0) is 29.8 Å². The van der Waals surface area contributed by atoms with Crippen molar-refractivity contribution >= 4 is 5.91 Å². The number of benzene rings is 2. The average molecular weight is 345 g/mol. The monoisotopic (exact) mass is 345 g/mol. The van der Waals surface area contributed by atoms with E-state index in [1.54, 1.807) is 36.3 Å². The SMILES string of the molecule is COc1ccccc1OCC(=O)N1CCOCC1c1ccc(F)cc1. The molecule has 0 aromatic heterocycles. The third-order valence-corrected chi connectivity index (χ3v) is 4.12. The lowest BCUT2D eigenvalue weighted by atomic mass is 10.0. The summed E-state index contributed by atoms with van der Waals surface area (Å²) in [6.45, 7) is 1.22. The van der Waals surface area contributed by atoms with Crippen LogP contribution in [0.15, 0.2) is 48.5 Å². The Morgan fingerprint density at radius 2 is 1.92 bits per heavy atom. The van der Waals surface area contributed by atoms with Crippen molar-refractivity contribution in [1.82, 2.24) is 4.90 Å². The number of morpholine rings is 1. The Balaban J connectivity index is 1.69. The van der Waals surface area contributed by atoms with Crippen molar-refractivity contribution in [2.24, 2.45) is 0 Å². The van der Waals surface area contributed by atoms with E-state index >= 15 is 0 Å². The number of hydrogen-bond acceptors (Lipinski definition) is 4. The average Bonchev–Trinajstić information content (AvgIpc) is 2.67. The maximum absolute atomic E-state index is 13.1. The molecule has 1 fully saturated rings. The predicted molar refractivity (Wildman–Crippen MR) is 90.2 cm³/mol. The van der Waals surface area contributed by atoms with Crippen LogP contribution in [0.5, 0.6) is 11.5 Å². The molecular formula is C19H20FNO4. The van der Waals surface area contributed by atoms with Gasteiger partial charge in [-0.3, -0.25) is 4.79 Å². The number of carbonyl (C=O) groups is 1. The summed E-state index contributed by atoms with van der Waals surface area (Å²) >= 11 is 0. The van der Waals surface area contributed by atoms with Gasteiger partial charge in [-0.2, -0.15) is 0 Å². The molecule has 2 aromatic rings. The molecule has 0 spiro atoms. The summed E-state index contributed by atoms with van der Waals surface area (Å²) in [5.74, 6) is 0.638. The molecule has 132 valence electrons. The largest absolute Gasteiger partial charge is 0.493 e. The zero-order valence-corrected chi connectivity index (χ0v) is 14.0. The Bertz CT molecular complexity index is 720. The number of nitrogens with zero attached hydrogens (tertiary/aromatic N) is 1. The zero-order valence-electron chi connectivity index (χ0n) is 14.0. The lowest BCUT2D eigenvalue weighted by Gasteiger charge is -2.35. The van der Waals surface area contributed by atoms with Crippen molar-refractivity contribution < 1.29 is 23.4 Å². The van der Waals surface area contributed by atoms with Gasteiger partial charge in [0.15, 0.2) is 18.1 Å². The Morgan fingerprint density at radius 3 is 2.64 bits per heavy atom. The smallest absolute Gasteiger partial charge is 0.261 e. The van der Waals surface area contributed by atoms with E-state index in [4.69, 9.17) is 14.2 Å². The first kappa shape index (κ1) is 17.2. The number of para-hydroxylation sites is 2. The summed E-state index contributed by atoms with van der Waals surface area (Å²) in [5, 5.41) is 0. The quantitative estimate of drug-likeness (QED) is 0.836. The molecule has 2 aromatic carbocycles. The number of halogens is 1. The molecule has 0 aliphatic carbocycles. The van der Waals surface area contributed by atoms with E-state index < -0.39 is 0 Å². The van der Waals surface area contributed by atoms with Crippen LogP contribution in [0.25, 0.3) is 0 Å². The molecule has 5 nitrogen and oxygen atoms in total. The summed E-state index contributed by atoms with van der Waals surface area (Å²) in [4.78, 5) is 14.4. The molecular weight excluding hydrogens is 325 g/mol. The van der Waals surface area contributed by atoms with Gasteiger partial charge < -0.3 is 19.1 Å². The van der Waals surface area contributed by atoms with Crippen LogP contribution in [0.3, 0.4) is 0 Å². The molecule has 1 amide bonds. The van der Waals surface area contributed by atoms with Gasteiger partial charge in [-0.15, -0.1) is 0 Å². The van der Waals surface area contributed by atoms with Gasteiger partial charge in [0.25, 0.3) is 5.91 Å². The van der Waals surface area contributed by atoms with Gasteiger partial charge in [0, 0.05) is 6.54 Å². The molecule has 1 aliphatic rings. The summed E-state index contributed by atoms with van der Waals surface area (Å²) in [6, 6.07) is 13.1. The van der Waals surface area contributed by atoms with Gasteiger partial charge >= 0.3 is 0 Å². The summed E-state index contributed by atoms with van der Waals surface area (Å²) < 4.78 is 29.5. The first-order chi connectivity index (χ1) is 12.2. The molecule has 0 N–H and O–H groups in total. The highest BCUT2D eigenvalue weighted by molar-refractivity contribution is 5.78. The lowest BCUT2D eigenvalue weighted by Crippen LogP contribution is -2.45. The standard InChI is InChI=1S/C19H20FNO4/c1-23-17-4-2-3-5-18(17)25-13-19(22)21-10-11-24-12-16(21)14-6-8-15(20)9-7-14/h2-9,16H,10-13H2,1H3. The molecule has 1 heterocycles. The van der Waals surface area contributed by atoms with E-state index in [1.807, 2.05) is 12.1 Å². The molecule has 25 heavy (non-hydrogen) atoms. The predicted octanol–water partition coefficient (Wildman–Crippen LogP) is 2.81. The van der Waals surface area contributed by atoms with Gasteiger partial charge in [0.05, 0.1) is 26.4 Å². The minimum atomic E-state index is -0.308. The van der Waals surface area contributed by atoms with Crippen LogP contribution in [-0.4, -0.2) is 44.3 Å². The molecule has 0 bridgehead atoms. The highest BCUT2D eigenvalue weighted by atomic mass is 19.1. The molecule has 0 saturated carbocycles. The topological polar surface area (TPSA) is 48.0 Å². The fourth-order valence-corrected chi connectivity index (χ4v) is 2.82.